The van der Waals surface area contributed by atoms with E-state index < -0.39 is 0 Å². The third kappa shape index (κ3) is 3.49. The number of nitrogens with two attached hydrogens (primary N) is 1. The van der Waals surface area contributed by atoms with Crippen molar-refractivity contribution in [3.63, 3.8) is 0 Å². The Morgan fingerprint density at radius 3 is 2.61 bits per heavy atom. The van der Waals surface area contributed by atoms with Crippen molar-refractivity contribution in [3.05, 3.63) is 29.8 Å². The third-order valence-corrected chi connectivity index (χ3v) is 3.64. The number of hydrogen-bond donors (Lipinski definition) is 1. The lowest BCUT2D eigenvalue weighted by Crippen LogP contribution is -2.28. The molecule has 0 radical (unpaired) electrons. The molecule has 0 spiro atoms. The highest BCUT2D eigenvalue weighted by atomic mass is 16.5. The van der Waals surface area contributed by atoms with Crippen molar-refractivity contribution in [2.75, 3.05) is 5.73 Å². The Kier molecular flexibility index (Phi) is 4.24. The Bertz CT molecular complexity index is 399. The topological polar surface area (TPSA) is 52.3 Å². The molecular formula is C15H21NO2. The molecule has 2 atom stereocenters. The van der Waals surface area contributed by atoms with Crippen molar-refractivity contribution in [1.82, 2.24) is 0 Å². The molecular weight excluding hydrogens is 226 g/mol. The first-order chi connectivity index (χ1) is 8.65. The molecule has 0 amide bonds. The first-order valence-electron chi connectivity index (χ1n) is 6.69. The Balaban J connectivity index is 1.86. The average Bonchev–Trinajstić information content (AvgIpc) is 2.35. The fourth-order valence-corrected chi connectivity index (χ4v) is 2.47. The van der Waals surface area contributed by atoms with Gasteiger partial charge in [-0.2, -0.15) is 0 Å². The largest absolute Gasteiger partial charge is 0.462 e. The molecule has 0 heterocycles. The number of carbonyl (C=O) groups excluding carboxylic acids is 1. The summed E-state index contributed by atoms with van der Waals surface area (Å²) in [4.78, 5) is 11.9. The third-order valence-electron chi connectivity index (χ3n) is 3.64. The molecule has 1 aliphatic rings. The first kappa shape index (κ1) is 12.9. The number of benzene rings is 1. The Morgan fingerprint density at radius 2 is 1.94 bits per heavy atom. The molecule has 1 fully saturated rings. The van der Waals surface area contributed by atoms with Gasteiger partial charge in [0.2, 0.25) is 0 Å². The summed E-state index contributed by atoms with van der Waals surface area (Å²) in [6, 6.07) is 7.37. The molecule has 0 aliphatic heterocycles. The van der Waals surface area contributed by atoms with Crippen LogP contribution in [0.5, 0.6) is 0 Å². The van der Waals surface area contributed by atoms with Gasteiger partial charge in [-0.1, -0.05) is 25.5 Å². The van der Waals surface area contributed by atoms with E-state index in [4.69, 9.17) is 10.5 Å². The van der Waals surface area contributed by atoms with E-state index in [2.05, 4.69) is 6.92 Å². The smallest absolute Gasteiger partial charge is 0.310 e. The van der Waals surface area contributed by atoms with Crippen LogP contribution in [0.4, 0.5) is 5.69 Å². The molecule has 0 aromatic heterocycles. The molecule has 1 saturated carbocycles. The van der Waals surface area contributed by atoms with Crippen LogP contribution in [-0.2, 0) is 16.0 Å². The monoisotopic (exact) mass is 247 g/mol. The van der Waals surface area contributed by atoms with Gasteiger partial charge in [0.05, 0.1) is 6.42 Å². The summed E-state index contributed by atoms with van der Waals surface area (Å²) in [7, 11) is 0. The lowest BCUT2D eigenvalue weighted by atomic mass is 9.88. The second-order valence-electron chi connectivity index (χ2n) is 5.21. The lowest BCUT2D eigenvalue weighted by Gasteiger charge is -2.28. The quantitative estimate of drug-likeness (QED) is 0.660. The number of esters is 1. The van der Waals surface area contributed by atoms with Crippen LogP contribution in [0, 0.1) is 5.92 Å². The van der Waals surface area contributed by atoms with Gasteiger partial charge in [0, 0.05) is 5.69 Å². The number of carbonyl (C=O) groups is 1. The SMILES string of the molecule is CC1CCCCC1OC(=O)Cc1ccc(N)cc1. The zero-order chi connectivity index (χ0) is 13.0. The standard InChI is InChI=1S/C15H21NO2/c1-11-4-2-3-5-14(11)18-15(17)10-12-6-8-13(16)9-7-12/h6-9,11,14H,2-5,10,16H2,1H3. The summed E-state index contributed by atoms with van der Waals surface area (Å²) in [6.45, 7) is 2.17. The van der Waals surface area contributed by atoms with E-state index in [1.807, 2.05) is 24.3 Å². The van der Waals surface area contributed by atoms with E-state index in [0.29, 0.717) is 18.0 Å². The number of rotatable bonds is 3. The predicted molar refractivity (Wildman–Crippen MR) is 72.1 cm³/mol. The Labute approximate surface area is 108 Å². The maximum absolute atomic E-state index is 11.9. The highest BCUT2D eigenvalue weighted by molar-refractivity contribution is 5.73. The van der Waals surface area contributed by atoms with Crippen LogP contribution in [-0.4, -0.2) is 12.1 Å². The van der Waals surface area contributed by atoms with Crippen LogP contribution < -0.4 is 5.73 Å². The summed E-state index contributed by atoms with van der Waals surface area (Å²) in [6.07, 6.45) is 5.05. The average molecular weight is 247 g/mol. The molecule has 1 aliphatic carbocycles. The number of nitrogen functional groups attached to an aromatic ring is 1. The molecule has 2 unspecified atom stereocenters. The molecule has 1 aromatic rings. The lowest BCUT2D eigenvalue weighted by molar-refractivity contribution is -0.152. The Morgan fingerprint density at radius 1 is 1.28 bits per heavy atom. The van der Waals surface area contributed by atoms with Gasteiger partial charge in [-0.15, -0.1) is 0 Å². The van der Waals surface area contributed by atoms with Crippen LogP contribution in [0.25, 0.3) is 0 Å². The minimum atomic E-state index is -0.126. The van der Waals surface area contributed by atoms with Crippen molar-refractivity contribution < 1.29 is 9.53 Å². The molecule has 18 heavy (non-hydrogen) atoms. The van der Waals surface area contributed by atoms with Crippen molar-refractivity contribution in [1.29, 1.82) is 0 Å². The van der Waals surface area contributed by atoms with Crippen molar-refractivity contribution in [2.45, 2.75) is 45.1 Å². The van der Waals surface area contributed by atoms with Gasteiger partial charge in [-0.05, 0) is 42.9 Å². The molecule has 0 bridgehead atoms. The van der Waals surface area contributed by atoms with Crippen LogP contribution in [0.15, 0.2) is 24.3 Å². The normalized spacial score (nSPS) is 23.6. The van der Waals surface area contributed by atoms with E-state index in [-0.39, 0.29) is 12.1 Å². The predicted octanol–water partition coefficient (Wildman–Crippen LogP) is 2.93. The van der Waals surface area contributed by atoms with E-state index in [1.165, 1.54) is 19.3 Å². The molecule has 98 valence electrons. The van der Waals surface area contributed by atoms with Gasteiger partial charge in [0.25, 0.3) is 0 Å². The molecule has 2 rings (SSSR count). The summed E-state index contributed by atoms with van der Waals surface area (Å²) in [5.41, 5.74) is 7.28. The summed E-state index contributed by atoms with van der Waals surface area (Å²) in [5.74, 6) is 0.368. The van der Waals surface area contributed by atoms with Crippen molar-refractivity contribution >= 4 is 11.7 Å². The molecule has 2 N–H and O–H groups in total. The summed E-state index contributed by atoms with van der Waals surface area (Å²) in [5, 5.41) is 0. The van der Waals surface area contributed by atoms with Gasteiger partial charge < -0.3 is 10.5 Å². The number of hydrogen-bond acceptors (Lipinski definition) is 3. The zero-order valence-corrected chi connectivity index (χ0v) is 10.9. The first-order valence-corrected chi connectivity index (χ1v) is 6.69. The minimum absolute atomic E-state index is 0.111. The second-order valence-corrected chi connectivity index (χ2v) is 5.21. The fraction of sp³-hybridized carbons (Fsp3) is 0.533. The van der Waals surface area contributed by atoms with Gasteiger partial charge in [0.1, 0.15) is 6.10 Å². The number of anilines is 1. The molecule has 0 saturated heterocycles. The summed E-state index contributed by atoms with van der Waals surface area (Å²) < 4.78 is 5.57. The second kappa shape index (κ2) is 5.89. The maximum Gasteiger partial charge on any atom is 0.310 e. The van der Waals surface area contributed by atoms with Crippen LogP contribution >= 0.6 is 0 Å². The van der Waals surface area contributed by atoms with Crippen LogP contribution in [0.3, 0.4) is 0 Å². The van der Waals surface area contributed by atoms with Gasteiger partial charge in [-0.25, -0.2) is 0 Å². The van der Waals surface area contributed by atoms with Crippen molar-refractivity contribution in [2.24, 2.45) is 5.92 Å². The molecule has 3 heteroatoms. The fourth-order valence-electron chi connectivity index (χ4n) is 2.47. The van der Waals surface area contributed by atoms with Gasteiger partial charge in [-0.3, -0.25) is 4.79 Å². The van der Waals surface area contributed by atoms with E-state index in [0.717, 1.165) is 12.0 Å². The highest BCUT2D eigenvalue weighted by Crippen LogP contribution is 2.26. The molecule has 1 aromatic carbocycles. The molecule has 3 nitrogen and oxygen atoms in total. The maximum atomic E-state index is 11.9. The highest BCUT2D eigenvalue weighted by Gasteiger charge is 2.24. The van der Waals surface area contributed by atoms with Gasteiger partial charge >= 0.3 is 5.97 Å². The zero-order valence-electron chi connectivity index (χ0n) is 10.9. The Hall–Kier alpha value is -1.51. The van der Waals surface area contributed by atoms with Crippen molar-refractivity contribution in [3.8, 4) is 0 Å². The van der Waals surface area contributed by atoms with Gasteiger partial charge in [0.15, 0.2) is 0 Å². The van der Waals surface area contributed by atoms with Crippen LogP contribution in [0.2, 0.25) is 0 Å². The summed E-state index contributed by atoms with van der Waals surface area (Å²) >= 11 is 0. The van der Waals surface area contributed by atoms with E-state index in [9.17, 15) is 4.79 Å². The van der Waals surface area contributed by atoms with E-state index >= 15 is 0 Å². The minimum Gasteiger partial charge on any atom is -0.462 e. The van der Waals surface area contributed by atoms with Crippen LogP contribution in [0.1, 0.15) is 38.2 Å². The van der Waals surface area contributed by atoms with E-state index in [1.54, 1.807) is 0 Å². The number of ether oxygens (including phenoxy) is 1.